The van der Waals surface area contributed by atoms with Gasteiger partial charge in [0.1, 0.15) is 6.54 Å². The van der Waals surface area contributed by atoms with Crippen LogP contribution in [-0.2, 0) is 16.1 Å². The number of nitrogens with zero attached hydrogens (tertiary/aromatic N) is 2. The minimum Gasteiger partial charge on any atom is -0.468 e. The van der Waals surface area contributed by atoms with E-state index < -0.39 is 22.1 Å². The normalized spacial score (nSPS) is 9.67. The molecule has 1 rings (SSSR count). The lowest BCUT2D eigenvalue weighted by atomic mass is 10.4. The number of hydrogen-bond acceptors (Lipinski definition) is 5. The van der Waals surface area contributed by atoms with Crippen molar-refractivity contribution in [1.82, 2.24) is 4.57 Å². The van der Waals surface area contributed by atoms with Gasteiger partial charge in [-0.3, -0.25) is 24.3 Å². The summed E-state index contributed by atoms with van der Waals surface area (Å²) in [6.07, 6.45) is 1.28. The van der Waals surface area contributed by atoms with Crippen molar-refractivity contribution >= 4 is 11.7 Å². The number of methoxy groups -OCH3 is 1. The van der Waals surface area contributed by atoms with Gasteiger partial charge in [0.25, 0.3) is 0 Å². The van der Waals surface area contributed by atoms with Crippen LogP contribution in [0.3, 0.4) is 0 Å². The largest absolute Gasteiger partial charge is 0.468 e. The second kappa shape index (κ2) is 4.36. The highest BCUT2D eigenvalue weighted by atomic mass is 16.6. The lowest BCUT2D eigenvalue weighted by Gasteiger charge is -2.02. The first-order valence-electron chi connectivity index (χ1n) is 3.97. The van der Waals surface area contributed by atoms with Crippen LogP contribution in [0.2, 0.25) is 0 Å². The molecular formula is C8H8N2O5. The number of esters is 1. The molecular weight excluding hydrogens is 204 g/mol. The Labute approximate surface area is 84.0 Å². The lowest BCUT2D eigenvalue weighted by Crippen LogP contribution is -2.25. The molecule has 0 bridgehead atoms. The van der Waals surface area contributed by atoms with Crippen LogP contribution < -0.4 is 5.56 Å². The Hall–Kier alpha value is -2.18. The average Bonchev–Trinajstić information content (AvgIpc) is 2.20. The van der Waals surface area contributed by atoms with E-state index in [0.29, 0.717) is 0 Å². The van der Waals surface area contributed by atoms with E-state index in [0.717, 1.165) is 10.6 Å². The molecule has 0 spiro atoms. The highest BCUT2D eigenvalue weighted by molar-refractivity contribution is 5.69. The molecule has 0 saturated heterocycles. The smallest absolute Gasteiger partial charge is 0.334 e. The van der Waals surface area contributed by atoms with Crippen molar-refractivity contribution in [3.63, 3.8) is 0 Å². The van der Waals surface area contributed by atoms with Crippen LogP contribution in [0.25, 0.3) is 0 Å². The van der Waals surface area contributed by atoms with Crippen LogP contribution >= 0.6 is 0 Å². The van der Waals surface area contributed by atoms with Gasteiger partial charge in [-0.1, -0.05) is 0 Å². The van der Waals surface area contributed by atoms with Gasteiger partial charge in [0.15, 0.2) is 0 Å². The highest BCUT2D eigenvalue weighted by Gasteiger charge is 2.14. The summed E-state index contributed by atoms with van der Waals surface area (Å²) in [4.78, 5) is 31.8. The predicted octanol–water partition coefficient (Wildman–Crippen LogP) is -0.0705. The number of carbonyl (C=O) groups is 1. The maximum Gasteiger partial charge on any atom is 0.334 e. The monoisotopic (exact) mass is 212 g/mol. The third kappa shape index (κ3) is 2.39. The van der Waals surface area contributed by atoms with Crippen LogP contribution in [0.4, 0.5) is 5.69 Å². The molecule has 0 aliphatic carbocycles. The third-order valence-electron chi connectivity index (χ3n) is 1.72. The van der Waals surface area contributed by atoms with Crippen molar-refractivity contribution in [3.05, 3.63) is 38.8 Å². The first-order chi connectivity index (χ1) is 7.06. The fourth-order valence-electron chi connectivity index (χ4n) is 0.991. The highest BCUT2D eigenvalue weighted by Crippen LogP contribution is 2.01. The Bertz CT molecular complexity index is 451. The molecule has 7 nitrogen and oxygen atoms in total. The number of rotatable bonds is 3. The molecule has 0 aliphatic rings. The SMILES string of the molecule is COC(=O)Cn1cccc([N+](=O)[O-])c1=O. The Balaban J connectivity index is 3.11. The third-order valence-corrected chi connectivity index (χ3v) is 1.72. The molecule has 0 amide bonds. The molecule has 0 fully saturated rings. The van der Waals surface area contributed by atoms with Crippen LogP contribution in [0.1, 0.15) is 0 Å². The first-order valence-corrected chi connectivity index (χ1v) is 3.97. The summed E-state index contributed by atoms with van der Waals surface area (Å²) in [5.41, 5.74) is -1.39. The molecule has 0 aromatic carbocycles. The van der Waals surface area contributed by atoms with Crippen molar-refractivity contribution in [3.8, 4) is 0 Å². The zero-order valence-corrected chi connectivity index (χ0v) is 7.87. The van der Waals surface area contributed by atoms with Crippen molar-refractivity contribution in [2.75, 3.05) is 7.11 Å². The molecule has 7 heteroatoms. The zero-order chi connectivity index (χ0) is 11.4. The van der Waals surface area contributed by atoms with Crippen molar-refractivity contribution in [1.29, 1.82) is 0 Å². The van der Waals surface area contributed by atoms with Crippen LogP contribution in [-0.4, -0.2) is 22.6 Å². The number of pyridine rings is 1. The van der Waals surface area contributed by atoms with E-state index in [4.69, 9.17) is 0 Å². The van der Waals surface area contributed by atoms with Crippen LogP contribution in [0.5, 0.6) is 0 Å². The zero-order valence-electron chi connectivity index (χ0n) is 7.87. The van der Waals surface area contributed by atoms with Crippen molar-refractivity contribution in [2.24, 2.45) is 0 Å². The Morgan fingerprint density at radius 2 is 2.33 bits per heavy atom. The lowest BCUT2D eigenvalue weighted by molar-refractivity contribution is -0.386. The number of ether oxygens (including phenoxy) is 1. The molecule has 1 aromatic rings. The Morgan fingerprint density at radius 3 is 2.87 bits per heavy atom. The summed E-state index contributed by atoms with van der Waals surface area (Å²) in [5.74, 6) is -0.641. The van der Waals surface area contributed by atoms with Gasteiger partial charge in [-0.25, -0.2) is 0 Å². The van der Waals surface area contributed by atoms with Crippen molar-refractivity contribution in [2.45, 2.75) is 6.54 Å². The maximum absolute atomic E-state index is 11.4. The minimum absolute atomic E-state index is 0.336. The second-order valence-electron chi connectivity index (χ2n) is 2.66. The maximum atomic E-state index is 11.4. The van der Waals surface area contributed by atoms with Crippen LogP contribution in [0.15, 0.2) is 23.1 Å². The number of nitro groups is 1. The predicted molar refractivity (Wildman–Crippen MR) is 49.4 cm³/mol. The van der Waals surface area contributed by atoms with Crippen LogP contribution in [0, 0.1) is 10.1 Å². The molecule has 80 valence electrons. The quantitative estimate of drug-likeness (QED) is 0.397. The van der Waals surface area contributed by atoms with E-state index in [1.165, 1.54) is 19.4 Å². The Morgan fingerprint density at radius 1 is 1.67 bits per heavy atom. The molecule has 0 N–H and O–H groups in total. The number of carbonyl (C=O) groups excluding carboxylic acids is 1. The summed E-state index contributed by atoms with van der Waals surface area (Å²) in [5, 5.41) is 10.4. The molecule has 0 saturated carbocycles. The molecule has 0 atom stereocenters. The summed E-state index contributed by atoms with van der Waals surface area (Å²) >= 11 is 0. The number of hydrogen-bond donors (Lipinski definition) is 0. The average molecular weight is 212 g/mol. The fraction of sp³-hybridized carbons (Fsp3) is 0.250. The van der Waals surface area contributed by atoms with Gasteiger partial charge in [-0.15, -0.1) is 0 Å². The minimum atomic E-state index is -0.826. The summed E-state index contributed by atoms with van der Waals surface area (Å²) in [6.45, 7) is -0.336. The molecule has 0 unspecified atom stereocenters. The van der Waals surface area contributed by atoms with E-state index in [-0.39, 0.29) is 6.54 Å². The molecule has 1 heterocycles. The van der Waals surface area contributed by atoms with Gasteiger partial charge in [-0.2, -0.15) is 0 Å². The fourth-order valence-corrected chi connectivity index (χ4v) is 0.991. The standard InChI is InChI=1S/C8H8N2O5/c1-15-7(11)5-9-4-2-3-6(8(9)12)10(13)14/h2-4H,5H2,1H3. The van der Waals surface area contributed by atoms with Gasteiger partial charge in [-0.05, 0) is 6.07 Å². The topological polar surface area (TPSA) is 91.4 Å². The Kier molecular flexibility index (Phi) is 3.17. The van der Waals surface area contributed by atoms with Gasteiger partial charge in [0, 0.05) is 12.3 Å². The second-order valence-corrected chi connectivity index (χ2v) is 2.66. The van der Waals surface area contributed by atoms with Gasteiger partial charge in [0.05, 0.1) is 12.0 Å². The number of aromatic nitrogens is 1. The van der Waals surface area contributed by atoms with E-state index in [1.807, 2.05) is 0 Å². The van der Waals surface area contributed by atoms with Crippen molar-refractivity contribution < 1.29 is 14.5 Å². The van der Waals surface area contributed by atoms with Gasteiger partial charge in [0.2, 0.25) is 0 Å². The summed E-state index contributed by atoms with van der Waals surface area (Å²) in [7, 11) is 1.17. The summed E-state index contributed by atoms with van der Waals surface area (Å²) in [6, 6.07) is 2.40. The molecule has 15 heavy (non-hydrogen) atoms. The van der Waals surface area contributed by atoms with Gasteiger partial charge >= 0.3 is 17.2 Å². The van der Waals surface area contributed by atoms with E-state index >= 15 is 0 Å². The van der Waals surface area contributed by atoms with E-state index in [9.17, 15) is 19.7 Å². The molecule has 0 aliphatic heterocycles. The molecule has 0 radical (unpaired) electrons. The summed E-state index contributed by atoms with van der Waals surface area (Å²) < 4.78 is 5.26. The van der Waals surface area contributed by atoms with Gasteiger partial charge < -0.3 is 4.74 Å². The van der Waals surface area contributed by atoms with E-state index in [1.54, 1.807) is 0 Å². The molecule has 1 aromatic heterocycles. The van der Waals surface area contributed by atoms with E-state index in [2.05, 4.69) is 4.74 Å². The first kappa shape index (κ1) is 10.9.